The zero-order valence-electron chi connectivity index (χ0n) is 26.8. The summed E-state index contributed by atoms with van der Waals surface area (Å²) in [6.07, 6.45) is 4.13. The number of hydrogen-bond acceptors (Lipinski definition) is 9. The lowest BCUT2D eigenvalue weighted by molar-refractivity contribution is -0.140. The number of aromatic nitrogens is 2. The number of carbonyl (C=O) groups is 5. The van der Waals surface area contributed by atoms with Gasteiger partial charge < -0.3 is 40.5 Å². The quantitative estimate of drug-likeness (QED) is 0.297. The second-order valence-electron chi connectivity index (χ2n) is 11.9. The molecule has 2 aliphatic heterocycles. The molecule has 2 aromatic rings. The minimum absolute atomic E-state index is 0.0165. The first kappa shape index (κ1) is 33.7. The third-order valence-electron chi connectivity index (χ3n) is 8.76. The van der Waals surface area contributed by atoms with Crippen LogP contribution in [0.1, 0.15) is 55.9 Å². The highest BCUT2D eigenvalue weighted by atomic mass is 16.6. The van der Waals surface area contributed by atoms with E-state index in [0.29, 0.717) is 44.8 Å². The fourth-order valence-corrected chi connectivity index (χ4v) is 5.94. The van der Waals surface area contributed by atoms with Crippen LogP contribution < -0.4 is 21.1 Å². The topological polar surface area (TPSA) is 181 Å². The highest BCUT2D eigenvalue weighted by Gasteiger charge is 2.36. The van der Waals surface area contributed by atoms with E-state index in [1.54, 1.807) is 45.9 Å². The molecule has 1 aromatic heterocycles. The van der Waals surface area contributed by atoms with Crippen molar-refractivity contribution in [1.29, 1.82) is 0 Å². The summed E-state index contributed by atoms with van der Waals surface area (Å²) in [7, 11) is 0. The number of rotatable bonds is 12. The maximum absolute atomic E-state index is 13.5. The normalized spacial score (nSPS) is 18.7. The Morgan fingerprint density at radius 2 is 1.70 bits per heavy atom. The first-order valence-electron chi connectivity index (χ1n) is 16.4. The Balaban J connectivity index is 1.25. The first-order chi connectivity index (χ1) is 22.8. The summed E-state index contributed by atoms with van der Waals surface area (Å²) in [4.78, 5) is 69.7. The van der Waals surface area contributed by atoms with Gasteiger partial charge in [0.05, 0.1) is 12.3 Å². The largest absolute Gasteiger partial charge is 0.467 e. The molecule has 1 aromatic carbocycles. The standard InChI is InChI=1S/C32H44N8O7/c1-2-46-32(45)38-18-16-37(17-19-38)31(44)24(13-14-33)35-29(42)25-20-28(40(36-25)23-10-4-3-5-11-23)47-21-27(41)39-15-7-12-26(39)30(43)34-22-8-6-9-22/h3-5,10-11,20,22,24,26H,2,6-9,12-19,21,33H2,1H3,(H,34,43)(H,35,42). The van der Waals surface area contributed by atoms with E-state index >= 15 is 0 Å². The molecule has 2 atom stereocenters. The van der Waals surface area contributed by atoms with Crippen LogP contribution in [0.5, 0.6) is 5.88 Å². The van der Waals surface area contributed by atoms with Gasteiger partial charge in [-0.1, -0.05) is 18.2 Å². The van der Waals surface area contributed by atoms with E-state index in [2.05, 4.69) is 15.7 Å². The fraction of sp³-hybridized carbons (Fsp3) is 0.562. The number of hydrogen-bond donors (Lipinski definition) is 3. The molecule has 15 nitrogen and oxygen atoms in total. The van der Waals surface area contributed by atoms with Gasteiger partial charge in [-0.15, -0.1) is 0 Å². The van der Waals surface area contributed by atoms with Crippen LogP contribution in [0, 0.1) is 0 Å². The van der Waals surface area contributed by atoms with Gasteiger partial charge in [-0.3, -0.25) is 19.2 Å². The van der Waals surface area contributed by atoms with Crippen LogP contribution in [0.3, 0.4) is 0 Å². The molecular formula is C32H44N8O7. The van der Waals surface area contributed by atoms with Gasteiger partial charge in [-0.2, -0.15) is 5.10 Å². The third-order valence-corrected chi connectivity index (χ3v) is 8.76. The van der Waals surface area contributed by atoms with Crippen LogP contribution in [0.2, 0.25) is 0 Å². The van der Waals surface area contributed by atoms with E-state index in [0.717, 1.165) is 25.7 Å². The molecule has 2 saturated heterocycles. The van der Waals surface area contributed by atoms with E-state index in [1.807, 2.05) is 6.07 Å². The molecule has 0 spiro atoms. The number of nitrogens with zero attached hydrogens (tertiary/aromatic N) is 5. The number of nitrogens with two attached hydrogens (primary N) is 1. The maximum atomic E-state index is 13.5. The summed E-state index contributed by atoms with van der Waals surface area (Å²) < 4.78 is 12.4. The number of likely N-dealkylation sites (tertiary alicyclic amines) is 1. The van der Waals surface area contributed by atoms with Gasteiger partial charge in [0.25, 0.3) is 11.8 Å². The summed E-state index contributed by atoms with van der Waals surface area (Å²) in [6, 6.07) is 9.16. The van der Waals surface area contributed by atoms with Crippen molar-refractivity contribution in [2.24, 2.45) is 5.73 Å². The Bertz CT molecular complexity index is 1420. The molecule has 3 heterocycles. The Hall–Kier alpha value is -4.66. The minimum atomic E-state index is -0.910. The molecule has 0 bridgehead atoms. The van der Waals surface area contributed by atoms with Gasteiger partial charge in [0, 0.05) is 44.8 Å². The first-order valence-corrected chi connectivity index (χ1v) is 16.4. The molecule has 3 fully saturated rings. The Morgan fingerprint density at radius 1 is 0.979 bits per heavy atom. The molecule has 254 valence electrons. The van der Waals surface area contributed by atoms with Gasteiger partial charge >= 0.3 is 6.09 Å². The zero-order valence-corrected chi connectivity index (χ0v) is 26.8. The molecule has 47 heavy (non-hydrogen) atoms. The second kappa shape index (κ2) is 15.8. The molecule has 2 unspecified atom stereocenters. The lowest BCUT2D eigenvalue weighted by Gasteiger charge is -2.35. The summed E-state index contributed by atoms with van der Waals surface area (Å²) in [5, 5.41) is 10.3. The van der Waals surface area contributed by atoms with Crippen LogP contribution >= 0.6 is 0 Å². The summed E-state index contributed by atoms with van der Waals surface area (Å²) in [6.45, 7) is 3.50. The van der Waals surface area contributed by atoms with Crippen molar-refractivity contribution < 1.29 is 33.4 Å². The highest BCUT2D eigenvalue weighted by molar-refractivity contribution is 5.96. The zero-order chi connectivity index (χ0) is 33.3. The van der Waals surface area contributed by atoms with Crippen LogP contribution in [-0.4, -0.2) is 125 Å². The highest BCUT2D eigenvalue weighted by Crippen LogP contribution is 2.24. The molecule has 5 amide bonds. The number of ether oxygens (including phenoxy) is 2. The van der Waals surface area contributed by atoms with Crippen molar-refractivity contribution in [3.63, 3.8) is 0 Å². The van der Waals surface area contributed by atoms with Gasteiger partial charge in [-0.05, 0) is 64.1 Å². The van der Waals surface area contributed by atoms with Crippen molar-refractivity contribution >= 4 is 29.7 Å². The lowest BCUT2D eigenvalue weighted by Crippen LogP contribution is -2.56. The Labute approximate surface area is 273 Å². The van der Waals surface area contributed by atoms with Crippen molar-refractivity contribution in [3.8, 4) is 11.6 Å². The molecule has 3 aliphatic rings. The Morgan fingerprint density at radius 3 is 2.36 bits per heavy atom. The number of amides is 5. The van der Waals surface area contributed by atoms with Crippen LogP contribution in [0.4, 0.5) is 4.79 Å². The van der Waals surface area contributed by atoms with Crippen molar-refractivity contribution in [3.05, 3.63) is 42.1 Å². The monoisotopic (exact) mass is 652 g/mol. The summed E-state index contributed by atoms with van der Waals surface area (Å²) in [5.41, 5.74) is 6.38. The number of nitrogens with one attached hydrogen (secondary N) is 2. The molecule has 1 saturated carbocycles. The van der Waals surface area contributed by atoms with E-state index in [9.17, 15) is 24.0 Å². The van der Waals surface area contributed by atoms with Crippen molar-refractivity contribution in [2.75, 3.05) is 52.5 Å². The van der Waals surface area contributed by atoms with E-state index < -0.39 is 24.1 Å². The predicted octanol–water partition coefficient (Wildman–Crippen LogP) is 0.659. The molecule has 1 aliphatic carbocycles. The lowest BCUT2D eigenvalue weighted by atomic mass is 9.93. The summed E-state index contributed by atoms with van der Waals surface area (Å²) in [5.74, 6) is -1.23. The van der Waals surface area contributed by atoms with Crippen LogP contribution in [-0.2, 0) is 19.1 Å². The molecule has 15 heteroatoms. The molecule has 0 radical (unpaired) electrons. The van der Waals surface area contributed by atoms with Gasteiger partial charge in [-0.25, -0.2) is 9.48 Å². The van der Waals surface area contributed by atoms with Gasteiger partial charge in [0.2, 0.25) is 17.7 Å². The van der Waals surface area contributed by atoms with E-state index in [4.69, 9.17) is 15.2 Å². The number of piperazine rings is 1. The van der Waals surface area contributed by atoms with Gasteiger partial charge in [0.15, 0.2) is 12.3 Å². The molecule has 4 N–H and O–H groups in total. The predicted molar refractivity (Wildman–Crippen MR) is 170 cm³/mol. The van der Waals surface area contributed by atoms with Crippen LogP contribution in [0.15, 0.2) is 36.4 Å². The maximum Gasteiger partial charge on any atom is 0.409 e. The average Bonchev–Trinajstić information content (AvgIpc) is 3.74. The van der Waals surface area contributed by atoms with Crippen molar-refractivity contribution in [2.45, 2.75) is 63.6 Å². The fourth-order valence-electron chi connectivity index (χ4n) is 5.94. The average molecular weight is 653 g/mol. The summed E-state index contributed by atoms with van der Waals surface area (Å²) >= 11 is 0. The number of para-hydroxylation sites is 1. The Kier molecular flexibility index (Phi) is 11.3. The molecular weight excluding hydrogens is 608 g/mol. The van der Waals surface area contributed by atoms with Gasteiger partial charge in [0.1, 0.15) is 12.1 Å². The minimum Gasteiger partial charge on any atom is -0.467 e. The second-order valence-corrected chi connectivity index (χ2v) is 11.9. The number of benzene rings is 1. The smallest absolute Gasteiger partial charge is 0.409 e. The van der Waals surface area contributed by atoms with Crippen molar-refractivity contribution in [1.82, 2.24) is 35.1 Å². The van der Waals surface area contributed by atoms with E-state index in [1.165, 1.54) is 10.7 Å². The van der Waals surface area contributed by atoms with Crippen LogP contribution in [0.25, 0.3) is 5.69 Å². The number of carbonyl (C=O) groups excluding carboxylic acids is 5. The third kappa shape index (κ3) is 8.20. The SMILES string of the molecule is CCOC(=O)N1CCN(C(=O)C(CCN)NC(=O)c2cc(OCC(=O)N3CCCC3C(=O)NC3CCC3)n(-c3ccccc3)n2)CC1. The van der Waals surface area contributed by atoms with E-state index in [-0.39, 0.29) is 61.5 Å². The molecule has 5 rings (SSSR count).